The van der Waals surface area contributed by atoms with Crippen molar-refractivity contribution in [2.24, 2.45) is 0 Å². The molecule has 0 bridgehead atoms. The molecule has 2 N–H and O–H groups in total. The third kappa shape index (κ3) is 4.02. The zero-order valence-electron chi connectivity index (χ0n) is 17.5. The van der Waals surface area contributed by atoms with Crippen LogP contribution >= 0.6 is 0 Å². The molecule has 1 aliphatic carbocycles. The summed E-state index contributed by atoms with van der Waals surface area (Å²) in [4.78, 5) is 27.7. The Morgan fingerprint density at radius 1 is 1.12 bits per heavy atom. The molecule has 9 heteroatoms. The molecule has 3 amide bonds. The fourth-order valence-corrected chi connectivity index (χ4v) is 4.00. The number of nitrogens with zero attached hydrogens (tertiary/aromatic N) is 1. The van der Waals surface area contributed by atoms with Crippen molar-refractivity contribution in [2.45, 2.75) is 38.0 Å². The maximum absolute atomic E-state index is 13.7. The maximum Gasteiger partial charge on any atom is 0.416 e. The van der Waals surface area contributed by atoms with Gasteiger partial charge in [-0.1, -0.05) is 30.3 Å². The van der Waals surface area contributed by atoms with E-state index >= 15 is 0 Å². The van der Waals surface area contributed by atoms with E-state index in [9.17, 15) is 22.8 Å². The minimum Gasteiger partial charge on any atom is -0.495 e. The van der Waals surface area contributed by atoms with Crippen LogP contribution in [0.2, 0.25) is 0 Å². The summed E-state index contributed by atoms with van der Waals surface area (Å²) in [7, 11) is 1.45. The largest absolute Gasteiger partial charge is 0.495 e. The third-order valence-corrected chi connectivity index (χ3v) is 5.62. The molecule has 2 aromatic carbocycles. The van der Waals surface area contributed by atoms with Crippen molar-refractivity contribution in [1.82, 2.24) is 10.2 Å². The molecule has 2 aliphatic rings. The van der Waals surface area contributed by atoms with Crippen LogP contribution < -0.4 is 15.4 Å². The number of methoxy groups -OCH3 is 1. The van der Waals surface area contributed by atoms with Gasteiger partial charge in [-0.25, -0.2) is 4.79 Å². The van der Waals surface area contributed by atoms with Crippen molar-refractivity contribution in [1.29, 1.82) is 0 Å². The second-order valence-electron chi connectivity index (χ2n) is 7.72. The SMILES string of the molecule is COc1ccccc1NC(=O)C1=C(C)N(C2CC2)C(=O)NC1c1ccccc1C(F)(F)F. The molecule has 2 aromatic rings. The fourth-order valence-electron chi connectivity index (χ4n) is 4.00. The van der Waals surface area contributed by atoms with Crippen LogP contribution in [-0.4, -0.2) is 30.0 Å². The molecule has 1 heterocycles. The van der Waals surface area contributed by atoms with Crippen molar-refractivity contribution < 1.29 is 27.5 Å². The third-order valence-electron chi connectivity index (χ3n) is 5.62. The molecule has 1 saturated carbocycles. The lowest BCUT2D eigenvalue weighted by Gasteiger charge is -2.36. The Kier molecular flexibility index (Phi) is 5.58. The van der Waals surface area contributed by atoms with Crippen LogP contribution in [-0.2, 0) is 11.0 Å². The van der Waals surface area contributed by atoms with Crippen molar-refractivity contribution in [3.63, 3.8) is 0 Å². The van der Waals surface area contributed by atoms with Gasteiger partial charge in [-0.3, -0.25) is 9.69 Å². The zero-order valence-corrected chi connectivity index (χ0v) is 17.5. The number of carbonyl (C=O) groups excluding carboxylic acids is 2. The molecule has 0 saturated heterocycles. The highest BCUT2D eigenvalue weighted by molar-refractivity contribution is 6.07. The first-order valence-corrected chi connectivity index (χ1v) is 10.1. The summed E-state index contributed by atoms with van der Waals surface area (Å²) < 4.78 is 46.5. The van der Waals surface area contributed by atoms with Crippen LogP contribution in [0.1, 0.15) is 36.9 Å². The minimum absolute atomic E-state index is 0.0547. The molecule has 1 fully saturated rings. The molecule has 32 heavy (non-hydrogen) atoms. The van der Waals surface area contributed by atoms with Crippen LogP contribution in [0.25, 0.3) is 0 Å². The molecule has 1 unspecified atom stereocenters. The average Bonchev–Trinajstić information content (AvgIpc) is 3.58. The molecule has 1 atom stereocenters. The molecule has 0 spiro atoms. The first kappa shape index (κ1) is 21.7. The number of benzene rings is 2. The van der Waals surface area contributed by atoms with Gasteiger partial charge in [-0.15, -0.1) is 0 Å². The summed E-state index contributed by atoms with van der Waals surface area (Å²) in [6, 6.07) is 9.84. The lowest BCUT2D eigenvalue weighted by Crippen LogP contribution is -2.49. The average molecular weight is 445 g/mol. The number of urea groups is 1. The van der Waals surface area contributed by atoms with Crippen LogP contribution in [0.3, 0.4) is 0 Å². The van der Waals surface area contributed by atoms with E-state index in [1.165, 1.54) is 30.2 Å². The summed E-state index contributed by atoms with van der Waals surface area (Å²) in [5.41, 5.74) is -0.323. The highest BCUT2D eigenvalue weighted by Gasteiger charge is 2.44. The molecule has 0 radical (unpaired) electrons. The highest BCUT2D eigenvalue weighted by atomic mass is 19.4. The molecular weight excluding hydrogens is 423 g/mol. The summed E-state index contributed by atoms with van der Waals surface area (Å²) in [6.45, 7) is 1.59. The molecule has 168 valence electrons. The number of rotatable bonds is 5. The lowest BCUT2D eigenvalue weighted by atomic mass is 9.90. The van der Waals surface area contributed by atoms with Crippen LogP contribution in [0.5, 0.6) is 5.75 Å². The van der Waals surface area contributed by atoms with Gasteiger partial charge < -0.3 is 15.4 Å². The fraction of sp³-hybridized carbons (Fsp3) is 0.304. The van der Waals surface area contributed by atoms with E-state index in [1.54, 1.807) is 31.2 Å². The molecule has 6 nitrogen and oxygen atoms in total. The number of hydrogen-bond donors (Lipinski definition) is 2. The van der Waals surface area contributed by atoms with Crippen LogP contribution in [0.15, 0.2) is 59.8 Å². The quantitative estimate of drug-likeness (QED) is 0.691. The number of nitrogens with one attached hydrogen (secondary N) is 2. The van der Waals surface area contributed by atoms with Crippen molar-refractivity contribution >= 4 is 17.6 Å². The lowest BCUT2D eigenvalue weighted by molar-refractivity contribution is -0.138. The van der Waals surface area contributed by atoms with Crippen molar-refractivity contribution in [3.8, 4) is 5.75 Å². The predicted molar refractivity (Wildman–Crippen MR) is 112 cm³/mol. The number of anilines is 1. The van der Waals surface area contributed by atoms with Gasteiger partial charge >= 0.3 is 12.2 Å². The van der Waals surface area contributed by atoms with Gasteiger partial charge in [0.1, 0.15) is 5.75 Å². The normalized spacial score (nSPS) is 19.0. The first-order valence-electron chi connectivity index (χ1n) is 10.1. The standard InChI is InChI=1S/C23H22F3N3O3/c1-13-19(21(30)27-17-9-5-6-10-18(17)32-2)20(28-22(31)29(13)14-11-12-14)15-7-3-4-8-16(15)23(24,25)26/h3-10,14,20H,11-12H2,1-2H3,(H,27,30)(H,28,31). The van der Waals surface area contributed by atoms with Gasteiger partial charge in [0.25, 0.3) is 5.91 Å². The number of ether oxygens (including phenoxy) is 1. The Morgan fingerprint density at radius 3 is 2.44 bits per heavy atom. The van der Waals surface area contributed by atoms with Gasteiger partial charge in [0.15, 0.2) is 0 Å². The minimum atomic E-state index is -4.65. The Balaban J connectivity index is 1.81. The Labute approximate surface area is 183 Å². The number of amides is 3. The Morgan fingerprint density at radius 2 is 1.78 bits per heavy atom. The molecule has 0 aromatic heterocycles. The second kappa shape index (κ2) is 8.22. The van der Waals surface area contributed by atoms with E-state index in [-0.39, 0.29) is 17.2 Å². The smallest absolute Gasteiger partial charge is 0.416 e. The van der Waals surface area contributed by atoms with E-state index < -0.39 is 29.7 Å². The Bertz CT molecular complexity index is 1090. The van der Waals surface area contributed by atoms with Gasteiger partial charge in [0.2, 0.25) is 0 Å². The monoisotopic (exact) mass is 445 g/mol. The van der Waals surface area contributed by atoms with Crippen LogP contribution in [0.4, 0.5) is 23.7 Å². The Hall–Kier alpha value is -3.49. The predicted octanol–water partition coefficient (Wildman–Crippen LogP) is 4.86. The van der Waals surface area contributed by atoms with Gasteiger partial charge in [0.05, 0.1) is 30.0 Å². The molecule has 4 rings (SSSR count). The van der Waals surface area contributed by atoms with Gasteiger partial charge in [0, 0.05) is 11.7 Å². The number of alkyl halides is 3. The van der Waals surface area contributed by atoms with Gasteiger partial charge in [-0.05, 0) is 43.5 Å². The summed E-state index contributed by atoms with van der Waals surface area (Å²) in [5.74, 6) is -0.204. The number of carbonyl (C=O) groups is 2. The van der Waals surface area contributed by atoms with E-state index in [4.69, 9.17) is 4.74 Å². The van der Waals surface area contributed by atoms with E-state index in [0.717, 1.165) is 18.9 Å². The summed E-state index contributed by atoms with van der Waals surface area (Å²) in [6.07, 6.45) is -3.10. The summed E-state index contributed by atoms with van der Waals surface area (Å²) in [5, 5.41) is 5.36. The van der Waals surface area contributed by atoms with Crippen molar-refractivity contribution in [2.75, 3.05) is 12.4 Å². The zero-order chi connectivity index (χ0) is 23.0. The maximum atomic E-state index is 13.7. The van der Waals surface area contributed by atoms with Crippen molar-refractivity contribution in [3.05, 3.63) is 70.9 Å². The molecular formula is C23H22F3N3O3. The van der Waals surface area contributed by atoms with Gasteiger partial charge in [-0.2, -0.15) is 13.2 Å². The number of para-hydroxylation sites is 2. The molecule has 1 aliphatic heterocycles. The number of allylic oxidation sites excluding steroid dienone is 1. The van der Waals surface area contributed by atoms with Crippen LogP contribution in [0, 0.1) is 0 Å². The van der Waals surface area contributed by atoms with E-state index in [0.29, 0.717) is 17.1 Å². The summed E-state index contributed by atoms with van der Waals surface area (Å²) >= 11 is 0. The number of hydrogen-bond acceptors (Lipinski definition) is 3. The van der Waals surface area contributed by atoms with E-state index in [1.807, 2.05) is 0 Å². The number of halogens is 3. The van der Waals surface area contributed by atoms with E-state index in [2.05, 4.69) is 10.6 Å². The topological polar surface area (TPSA) is 70.7 Å². The first-order chi connectivity index (χ1) is 15.2. The second-order valence-corrected chi connectivity index (χ2v) is 7.72. The highest BCUT2D eigenvalue weighted by Crippen LogP contribution is 2.42.